The van der Waals surface area contributed by atoms with Crippen molar-refractivity contribution in [3.63, 3.8) is 0 Å². The molecule has 20 nitrogen and oxygen atoms in total. The molecule has 28 heteroatoms. The van der Waals surface area contributed by atoms with Crippen LogP contribution in [0.3, 0.4) is 0 Å². The van der Waals surface area contributed by atoms with Gasteiger partial charge in [-0.1, -0.05) is 65.5 Å². The smallest absolute Gasteiger partial charge is 0.323 e. The van der Waals surface area contributed by atoms with E-state index in [9.17, 15) is 68.5 Å². The van der Waals surface area contributed by atoms with Crippen molar-refractivity contribution in [3.8, 4) is 0 Å². The molecule has 0 spiro atoms. The van der Waals surface area contributed by atoms with Gasteiger partial charge in [0, 0.05) is 16.5 Å². The number of anilines is 1. The normalized spacial score (nSPS) is 20.1. The molecule has 0 saturated carbocycles. The number of imidazole rings is 1. The highest BCUT2D eigenvalue weighted by Gasteiger charge is 2.37. The number of thiazole rings is 1. The number of benzene rings is 2. The van der Waals surface area contributed by atoms with Gasteiger partial charge < -0.3 is 19.7 Å². The molecule has 1 amide bonds. The molecule has 3 aliphatic heterocycles. The van der Waals surface area contributed by atoms with Crippen molar-refractivity contribution in [2.24, 2.45) is 0 Å². The van der Waals surface area contributed by atoms with Crippen molar-refractivity contribution in [3.05, 3.63) is 105 Å². The lowest BCUT2D eigenvalue weighted by Crippen LogP contribution is -2.36. The van der Waals surface area contributed by atoms with Gasteiger partial charge in [0.1, 0.15) is 42.3 Å². The van der Waals surface area contributed by atoms with Gasteiger partial charge in [-0.3, -0.25) is 47.1 Å². The summed E-state index contributed by atoms with van der Waals surface area (Å²) in [5, 5.41) is 20.1. The van der Waals surface area contributed by atoms with Crippen LogP contribution in [0.4, 0.5) is 5.69 Å². The van der Waals surface area contributed by atoms with E-state index in [-0.39, 0.29) is 54.0 Å². The lowest BCUT2D eigenvalue weighted by Gasteiger charge is -2.22. The van der Waals surface area contributed by atoms with Gasteiger partial charge in [-0.05, 0) is 54.8 Å². The Bertz CT molecular complexity index is 3470. The number of hydrogen-bond acceptors (Lipinski definition) is 16. The molecule has 1 unspecified atom stereocenters. The molecule has 3 aliphatic rings. The number of aromatic nitrogens is 3. The number of allylic oxidation sites excluding steroid dienone is 1. The summed E-state index contributed by atoms with van der Waals surface area (Å²) in [4.78, 5) is 69.8. The number of amides is 1. The van der Waals surface area contributed by atoms with Gasteiger partial charge >= 0.3 is 11.9 Å². The Hall–Kier alpha value is -4.58. The maximum Gasteiger partial charge on any atom is 0.323 e. The van der Waals surface area contributed by atoms with Crippen LogP contribution in [0.15, 0.2) is 72.9 Å². The van der Waals surface area contributed by atoms with Crippen molar-refractivity contribution in [1.82, 2.24) is 18.6 Å². The fourth-order valence-corrected chi connectivity index (χ4v) is 14.1. The second-order valence-corrected chi connectivity index (χ2v) is 23.7. The number of aliphatic carboxylic acids is 2. The number of carbonyl (C=O) groups excluding carboxylic acids is 1. The average molecular weight is 1030 g/mol. The second-order valence-electron chi connectivity index (χ2n) is 14.4. The summed E-state index contributed by atoms with van der Waals surface area (Å²) in [7, 11) is -13.2. The zero-order valence-electron chi connectivity index (χ0n) is 32.6. The molecule has 4 aromatic rings. The highest BCUT2D eigenvalue weighted by atomic mass is 35.5. The average Bonchev–Trinajstić information content (AvgIpc) is 3.95. The number of hydrogen-bond donors (Lipinski definition) is 4. The van der Waals surface area contributed by atoms with Crippen LogP contribution in [0.5, 0.6) is 0 Å². The van der Waals surface area contributed by atoms with Crippen LogP contribution in [-0.4, -0.2) is 109 Å². The first-order valence-electron chi connectivity index (χ1n) is 18.3. The number of rotatable bonds is 12. The molecule has 2 aromatic carbocycles. The zero-order chi connectivity index (χ0) is 46.8. The first kappa shape index (κ1) is 47.4. The van der Waals surface area contributed by atoms with Crippen LogP contribution in [0.2, 0.25) is 5.02 Å². The Morgan fingerprint density at radius 1 is 0.953 bits per heavy atom. The summed E-state index contributed by atoms with van der Waals surface area (Å²) < 4.78 is 96.0. The molecule has 0 bridgehead atoms. The van der Waals surface area contributed by atoms with Crippen LogP contribution < -0.4 is 26.0 Å². The van der Waals surface area contributed by atoms with Crippen molar-refractivity contribution in [1.29, 1.82) is 0 Å². The molecule has 7 rings (SSSR count). The number of nitrogens with zero attached hydrogens (tertiary/aromatic N) is 5. The number of carboxylic acids is 2. The Labute approximate surface area is 384 Å². The van der Waals surface area contributed by atoms with Crippen LogP contribution >= 0.6 is 58.7 Å². The van der Waals surface area contributed by atoms with E-state index in [0.717, 1.165) is 18.6 Å². The molecule has 2 aromatic heterocycles. The SMILES string of the molecule is CC(/C=C1\Sc2ccc(Cl)cc2N1Cc1ccccc1S(=O)(=O)O)=c1/c(=O)n(C2CCS(=O)(=O)C2)/c(=c2\s/c(=C3/SC(=S)N(CC(=O)O)C3=O)n(CCS(=O)(=O)O)c2=O)n1CC(=O)O. The first-order chi connectivity index (χ1) is 29.8. The van der Waals surface area contributed by atoms with Crippen LogP contribution in [0.1, 0.15) is 24.9 Å². The number of halogens is 1. The topological polar surface area (TPSA) is 290 Å². The second kappa shape index (κ2) is 17.7. The molecule has 0 radical (unpaired) electrons. The molecule has 2 saturated heterocycles. The summed E-state index contributed by atoms with van der Waals surface area (Å²) in [6.45, 7) is -1.36. The van der Waals surface area contributed by atoms with Crippen LogP contribution in [0, 0.1) is 10.0 Å². The van der Waals surface area contributed by atoms with Gasteiger partial charge in [-0.25, -0.2) is 8.42 Å². The van der Waals surface area contributed by atoms with E-state index in [1.165, 1.54) is 43.0 Å². The fourth-order valence-electron chi connectivity index (χ4n) is 7.37. The van der Waals surface area contributed by atoms with Crippen molar-refractivity contribution in [2.75, 3.05) is 28.7 Å². The molecule has 5 heterocycles. The van der Waals surface area contributed by atoms with Gasteiger partial charge in [-0.2, -0.15) is 16.8 Å². The van der Waals surface area contributed by atoms with E-state index in [4.69, 9.17) is 23.8 Å². The number of thioether (sulfide) groups is 2. The van der Waals surface area contributed by atoms with Gasteiger partial charge in [0.25, 0.3) is 37.3 Å². The highest BCUT2D eigenvalue weighted by molar-refractivity contribution is 8.30. The summed E-state index contributed by atoms with van der Waals surface area (Å²) >= 11 is 13.9. The monoisotopic (exact) mass is 1030 g/mol. The largest absolute Gasteiger partial charge is 0.480 e. The van der Waals surface area contributed by atoms with Crippen LogP contribution in [0.25, 0.3) is 10.5 Å². The molecule has 64 heavy (non-hydrogen) atoms. The molecule has 0 aliphatic carbocycles. The van der Waals surface area contributed by atoms with Gasteiger partial charge in [0.15, 0.2) is 9.84 Å². The number of thiocarbonyl (C=S) groups is 1. The Morgan fingerprint density at radius 2 is 1.64 bits per heavy atom. The Balaban J connectivity index is 1.59. The third-order valence-corrected chi connectivity index (χ3v) is 17.5. The van der Waals surface area contributed by atoms with E-state index in [2.05, 4.69) is 0 Å². The van der Waals surface area contributed by atoms with E-state index >= 15 is 0 Å². The zero-order valence-corrected chi connectivity index (χ0v) is 39.1. The predicted octanol–water partition coefficient (Wildman–Crippen LogP) is 1.27. The molecule has 1 atom stereocenters. The van der Waals surface area contributed by atoms with E-state index in [0.29, 0.717) is 43.7 Å². The Kier molecular flexibility index (Phi) is 13.1. The van der Waals surface area contributed by atoms with Gasteiger partial charge in [-0.15, -0.1) is 11.3 Å². The summed E-state index contributed by atoms with van der Waals surface area (Å²) in [6.07, 6.45) is 1.35. The summed E-state index contributed by atoms with van der Waals surface area (Å²) in [5.41, 5.74) is -1.65. The highest BCUT2D eigenvalue weighted by Crippen LogP contribution is 2.48. The fraction of sp³-hybridized carbons (Fsp3) is 0.278. The number of carbonyl (C=O) groups is 3. The predicted molar refractivity (Wildman–Crippen MR) is 240 cm³/mol. The van der Waals surface area contributed by atoms with Gasteiger partial charge in [0.2, 0.25) is 0 Å². The third-order valence-electron chi connectivity index (χ3n) is 10.0. The van der Waals surface area contributed by atoms with Crippen molar-refractivity contribution in [2.45, 2.75) is 48.8 Å². The van der Waals surface area contributed by atoms with Gasteiger partial charge in [0.05, 0.1) is 45.5 Å². The Morgan fingerprint density at radius 3 is 2.27 bits per heavy atom. The lowest BCUT2D eigenvalue weighted by atomic mass is 10.2. The molecule has 4 N–H and O–H groups in total. The van der Waals surface area contributed by atoms with Crippen molar-refractivity contribution >= 4 is 127 Å². The number of fused-ring (bicyclic) bond motifs is 1. The van der Waals surface area contributed by atoms with Crippen molar-refractivity contribution < 1.29 is 59.0 Å². The van der Waals surface area contributed by atoms with E-state index in [1.54, 1.807) is 29.2 Å². The standard InChI is InChI=1S/C36H32ClN5O15S7/c1-18(12-25-39(22-13-20(37)6-7-23(22)59-25)14-19-4-2-3-5-24(19)64(55,56)57)28-32(47)42(21-8-10-62(50,51)17-21)31(40(28)15-26(43)44)29-33(48)38(9-11-63(52,53)54)35(60-29)30-34(49)41(16-27(45)46)36(58)61-30/h2-7,12-13,21H,8-11,14-17H2,1H3,(H,43,44)(H,45,46)(H,52,53,54)(H,55,56,57)/b25-12-,28-18+,31-29-,35-30+. The maximum atomic E-state index is 14.9. The minimum absolute atomic E-state index is 0.0793. The molecule has 340 valence electrons. The lowest BCUT2D eigenvalue weighted by molar-refractivity contribution is -0.140. The summed E-state index contributed by atoms with van der Waals surface area (Å²) in [6, 6.07) is 9.43. The summed E-state index contributed by atoms with van der Waals surface area (Å²) in [5.74, 6) is -5.94. The first-order valence-corrected chi connectivity index (χ1v) is 26.4. The van der Waals surface area contributed by atoms with E-state index in [1.807, 2.05) is 0 Å². The quantitative estimate of drug-likeness (QED) is 0.115. The minimum atomic E-state index is -4.77. The number of sulfone groups is 1. The van der Waals surface area contributed by atoms with Crippen LogP contribution in [-0.2, 0) is 64.1 Å². The minimum Gasteiger partial charge on any atom is -0.480 e. The third kappa shape index (κ3) is 9.54. The number of carboxylic acid groups (broad SMARTS) is 2. The maximum absolute atomic E-state index is 14.9. The van der Waals surface area contributed by atoms with E-state index < -0.39 is 106 Å². The molecular weight excluding hydrogens is 1000 g/mol. The molecular formula is C36H32ClN5O15S7. The molecule has 2 fully saturated rings.